The second-order valence-corrected chi connectivity index (χ2v) is 4.53. The fourth-order valence-electron chi connectivity index (χ4n) is 2.07. The van der Waals surface area contributed by atoms with Gasteiger partial charge < -0.3 is 10.3 Å². The summed E-state index contributed by atoms with van der Waals surface area (Å²) in [5, 5.41) is 3.80. The third-order valence-electron chi connectivity index (χ3n) is 2.99. The Morgan fingerprint density at radius 2 is 1.85 bits per heavy atom. The van der Waals surface area contributed by atoms with Crippen LogP contribution >= 0.6 is 0 Å². The van der Waals surface area contributed by atoms with E-state index in [2.05, 4.69) is 10.1 Å². The van der Waals surface area contributed by atoms with Crippen molar-refractivity contribution in [3.8, 4) is 22.5 Å². The topological polar surface area (TPSA) is 64.9 Å². The predicted molar refractivity (Wildman–Crippen MR) is 74.3 cm³/mol. The molecule has 0 saturated heterocycles. The van der Waals surface area contributed by atoms with E-state index in [9.17, 15) is 4.39 Å². The number of anilines is 1. The van der Waals surface area contributed by atoms with Crippen molar-refractivity contribution in [3.05, 3.63) is 54.1 Å². The van der Waals surface area contributed by atoms with Crippen LogP contribution in [0.1, 0.15) is 5.56 Å². The lowest BCUT2D eigenvalue weighted by Gasteiger charge is -2.03. The molecular formula is C15H12FN3O. The van der Waals surface area contributed by atoms with E-state index in [-0.39, 0.29) is 11.6 Å². The van der Waals surface area contributed by atoms with Crippen LogP contribution in [0.2, 0.25) is 0 Å². The van der Waals surface area contributed by atoms with Crippen LogP contribution in [-0.4, -0.2) is 10.1 Å². The molecule has 2 heterocycles. The number of nitrogens with zero attached hydrogens (tertiary/aromatic N) is 2. The highest BCUT2D eigenvalue weighted by Gasteiger charge is 2.18. The number of hydrogen-bond acceptors (Lipinski definition) is 4. The Labute approximate surface area is 115 Å². The fraction of sp³-hybridized carbons (Fsp3) is 0.0667. The molecule has 100 valence electrons. The molecule has 0 aliphatic heterocycles. The number of hydrogen-bond donors (Lipinski definition) is 1. The second kappa shape index (κ2) is 4.77. The van der Waals surface area contributed by atoms with E-state index in [4.69, 9.17) is 10.3 Å². The largest absolute Gasteiger partial charge is 0.380 e. The SMILES string of the molecule is Cc1cncc(-c2onc(N)c2-c2ccc(F)cc2)c1. The lowest BCUT2D eigenvalue weighted by molar-refractivity contribution is 0.436. The molecule has 0 atom stereocenters. The van der Waals surface area contributed by atoms with Crippen molar-refractivity contribution < 1.29 is 8.91 Å². The van der Waals surface area contributed by atoms with Crippen molar-refractivity contribution in [2.24, 2.45) is 0 Å². The summed E-state index contributed by atoms with van der Waals surface area (Å²) in [5.74, 6) is 0.501. The van der Waals surface area contributed by atoms with Crippen LogP contribution in [0.25, 0.3) is 22.5 Å². The van der Waals surface area contributed by atoms with Crippen LogP contribution in [-0.2, 0) is 0 Å². The highest BCUT2D eigenvalue weighted by Crippen LogP contribution is 2.36. The fourth-order valence-corrected chi connectivity index (χ4v) is 2.07. The van der Waals surface area contributed by atoms with Gasteiger partial charge >= 0.3 is 0 Å². The molecule has 20 heavy (non-hydrogen) atoms. The number of nitrogen functional groups attached to an aromatic ring is 1. The van der Waals surface area contributed by atoms with E-state index in [1.165, 1.54) is 12.1 Å². The average molecular weight is 269 g/mol. The summed E-state index contributed by atoms with van der Waals surface area (Å²) in [6.07, 6.45) is 3.43. The van der Waals surface area contributed by atoms with Crippen molar-refractivity contribution in [2.75, 3.05) is 5.73 Å². The zero-order valence-electron chi connectivity index (χ0n) is 10.8. The maximum Gasteiger partial charge on any atom is 0.178 e. The zero-order chi connectivity index (χ0) is 14.1. The Kier molecular flexibility index (Phi) is 2.95. The molecule has 1 aromatic carbocycles. The van der Waals surface area contributed by atoms with Gasteiger partial charge in [0.15, 0.2) is 11.6 Å². The number of pyridine rings is 1. The number of aryl methyl sites for hydroxylation is 1. The van der Waals surface area contributed by atoms with Crippen molar-refractivity contribution in [1.82, 2.24) is 10.1 Å². The number of rotatable bonds is 2. The van der Waals surface area contributed by atoms with E-state index >= 15 is 0 Å². The minimum absolute atomic E-state index is 0.271. The summed E-state index contributed by atoms with van der Waals surface area (Å²) >= 11 is 0. The summed E-state index contributed by atoms with van der Waals surface area (Å²) in [6, 6.07) is 7.97. The Morgan fingerprint density at radius 1 is 1.10 bits per heavy atom. The van der Waals surface area contributed by atoms with Crippen LogP contribution < -0.4 is 5.73 Å². The van der Waals surface area contributed by atoms with Crippen molar-refractivity contribution >= 4 is 5.82 Å². The zero-order valence-corrected chi connectivity index (χ0v) is 10.8. The van der Waals surface area contributed by atoms with E-state index in [1.54, 1.807) is 24.5 Å². The molecule has 0 radical (unpaired) electrons. The first-order valence-electron chi connectivity index (χ1n) is 6.08. The smallest absolute Gasteiger partial charge is 0.178 e. The maximum atomic E-state index is 13.0. The van der Waals surface area contributed by atoms with Gasteiger partial charge in [0, 0.05) is 18.0 Å². The summed E-state index contributed by atoms with van der Waals surface area (Å²) in [6.45, 7) is 1.94. The monoisotopic (exact) mass is 269 g/mol. The van der Waals surface area contributed by atoms with Crippen LogP contribution in [0.5, 0.6) is 0 Å². The molecular weight excluding hydrogens is 257 g/mol. The highest BCUT2D eigenvalue weighted by atomic mass is 19.1. The van der Waals surface area contributed by atoms with E-state index in [0.717, 1.165) is 16.7 Å². The first-order chi connectivity index (χ1) is 9.65. The standard InChI is InChI=1S/C15H12FN3O/c1-9-6-11(8-18-7-9)14-13(15(17)19-20-14)10-2-4-12(16)5-3-10/h2-8H,1H3,(H2,17,19). The molecule has 4 nitrogen and oxygen atoms in total. The van der Waals surface area contributed by atoms with Gasteiger partial charge in [-0.3, -0.25) is 4.98 Å². The molecule has 0 bridgehead atoms. The molecule has 3 rings (SSSR count). The van der Waals surface area contributed by atoms with Crippen molar-refractivity contribution in [2.45, 2.75) is 6.92 Å². The molecule has 2 aromatic heterocycles. The van der Waals surface area contributed by atoms with Crippen LogP contribution in [0.15, 0.2) is 47.2 Å². The molecule has 0 fully saturated rings. The second-order valence-electron chi connectivity index (χ2n) is 4.53. The molecule has 0 spiro atoms. The van der Waals surface area contributed by atoms with Crippen molar-refractivity contribution in [3.63, 3.8) is 0 Å². The summed E-state index contributed by atoms with van der Waals surface area (Å²) in [7, 11) is 0. The number of halogens is 1. The molecule has 0 aliphatic carbocycles. The van der Waals surface area contributed by atoms with E-state index in [0.29, 0.717) is 11.3 Å². The first-order valence-corrected chi connectivity index (χ1v) is 6.08. The molecule has 3 aromatic rings. The quantitative estimate of drug-likeness (QED) is 0.774. The molecule has 0 amide bonds. The Balaban J connectivity index is 2.17. The molecule has 5 heteroatoms. The number of benzene rings is 1. The Morgan fingerprint density at radius 3 is 2.55 bits per heavy atom. The third kappa shape index (κ3) is 2.14. The summed E-state index contributed by atoms with van der Waals surface area (Å²) in [4.78, 5) is 4.13. The van der Waals surface area contributed by atoms with Gasteiger partial charge in [0.05, 0.1) is 5.56 Å². The molecule has 0 saturated carbocycles. The lowest BCUT2D eigenvalue weighted by Crippen LogP contribution is -1.89. The van der Waals surface area contributed by atoms with Gasteiger partial charge in [-0.2, -0.15) is 0 Å². The minimum atomic E-state index is -0.303. The Hall–Kier alpha value is -2.69. The average Bonchev–Trinajstić information content (AvgIpc) is 2.82. The van der Waals surface area contributed by atoms with Crippen LogP contribution in [0.3, 0.4) is 0 Å². The van der Waals surface area contributed by atoms with Gasteiger partial charge in [-0.25, -0.2) is 4.39 Å². The van der Waals surface area contributed by atoms with Crippen molar-refractivity contribution in [1.29, 1.82) is 0 Å². The maximum absolute atomic E-state index is 13.0. The summed E-state index contributed by atoms with van der Waals surface area (Å²) in [5.41, 5.74) is 9.06. The van der Waals surface area contributed by atoms with E-state index in [1.807, 2.05) is 13.0 Å². The van der Waals surface area contributed by atoms with Gasteiger partial charge in [0.2, 0.25) is 0 Å². The number of nitrogens with two attached hydrogens (primary N) is 1. The lowest BCUT2D eigenvalue weighted by atomic mass is 10.0. The Bertz CT molecular complexity index is 750. The molecule has 2 N–H and O–H groups in total. The number of aromatic nitrogens is 2. The third-order valence-corrected chi connectivity index (χ3v) is 2.99. The van der Waals surface area contributed by atoms with Gasteiger partial charge in [0.1, 0.15) is 5.82 Å². The molecule has 0 unspecified atom stereocenters. The van der Waals surface area contributed by atoms with Crippen LogP contribution in [0, 0.1) is 12.7 Å². The first kappa shape index (κ1) is 12.3. The minimum Gasteiger partial charge on any atom is -0.380 e. The van der Waals surface area contributed by atoms with Gasteiger partial charge in [-0.1, -0.05) is 17.3 Å². The normalized spacial score (nSPS) is 10.7. The summed E-state index contributed by atoms with van der Waals surface area (Å²) < 4.78 is 18.3. The highest BCUT2D eigenvalue weighted by molar-refractivity contribution is 5.86. The van der Waals surface area contributed by atoms with Crippen LogP contribution in [0.4, 0.5) is 10.2 Å². The van der Waals surface area contributed by atoms with Gasteiger partial charge in [-0.05, 0) is 36.2 Å². The molecule has 0 aliphatic rings. The van der Waals surface area contributed by atoms with Gasteiger partial charge in [0.25, 0.3) is 0 Å². The predicted octanol–water partition coefficient (Wildman–Crippen LogP) is 3.43. The van der Waals surface area contributed by atoms with E-state index < -0.39 is 0 Å². The van der Waals surface area contributed by atoms with Gasteiger partial charge in [-0.15, -0.1) is 0 Å².